The molecule has 0 fully saturated rings. The van der Waals surface area contributed by atoms with Gasteiger partial charge in [-0.15, -0.1) is 0 Å². The maximum Gasteiger partial charge on any atom is 0.345 e. The lowest BCUT2D eigenvalue weighted by molar-refractivity contribution is 0.0733. The third-order valence-electron chi connectivity index (χ3n) is 3.80. The van der Waals surface area contributed by atoms with Crippen molar-refractivity contribution in [1.82, 2.24) is 0 Å². The average molecular weight is 317 g/mol. The van der Waals surface area contributed by atoms with E-state index >= 15 is 0 Å². The summed E-state index contributed by atoms with van der Waals surface area (Å²) >= 11 is 0. The highest BCUT2D eigenvalue weighted by molar-refractivity contribution is 5.98. The van der Waals surface area contributed by atoms with Crippen molar-refractivity contribution in [2.45, 2.75) is 13.8 Å². The van der Waals surface area contributed by atoms with Gasteiger partial charge in [0, 0.05) is 5.69 Å². The van der Waals surface area contributed by atoms with Crippen LogP contribution in [0.15, 0.2) is 72.8 Å². The number of para-hydroxylation sites is 3. The highest BCUT2D eigenvalue weighted by Crippen LogP contribution is 2.26. The number of aryl methyl sites for hydroxylation is 2. The van der Waals surface area contributed by atoms with Crippen molar-refractivity contribution in [3.8, 4) is 5.75 Å². The molecule has 0 bridgehead atoms. The van der Waals surface area contributed by atoms with Gasteiger partial charge in [-0.3, -0.25) is 0 Å². The van der Waals surface area contributed by atoms with E-state index in [1.807, 2.05) is 80.6 Å². The summed E-state index contributed by atoms with van der Waals surface area (Å²) in [4.78, 5) is 12.7. The fourth-order valence-electron chi connectivity index (χ4n) is 2.55. The van der Waals surface area contributed by atoms with Crippen molar-refractivity contribution in [1.29, 1.82) is 0 Å². The zero-order valence-corrected chi connectivity index (χ0v) is 13.7. The summed E-state index contributed by atoms with van der Waals surface area (Å²) in [6, 6.07) is 22.9. The monoisotopic (exact) mass is 317 g/mol. The summed E-state index contributed by atoms with van der Waals surface area (Å²) in [5.74, 6) is 0.253. The first-order valence-corrected chi connectivity index (χ1v) is 7.84. The Morgan fingerprint density at radius 3 is 2.12 bits per heavy atom. The van der Waals surface area contributed by atoms with E-state index in [-0.39, 0.29) is 5.97 Å². The van der Waals surface area contributed by atoms with Gasteiger partial charge in [0.2, 0.25) is 0 Å². The largest absolute Gasteiger partial charge is 0.422 e. The summed E-state index contributed by atoms with van der Waals surface area (Å²) < 4.78 is 5.66. The number of carbonyl (C=O) groups is 1. The summed E-state index contributed by atoms with van der Waals surface area (Å²) in [7, 11) is 0. The van der Waals surface area contributed by atoms with Crippen molar-refractivity contribution in [2.24, 2.45) is 0 Å². The Hall–Kier alpha value is -3.07. The molecule has 0 heterocycles. The fourth-order valence-corrected chi connectivity index (χ4v) is 2.55. The maximum absolute atomic E-state index is 12.7. The van der Waals surface area contributed by atoms with Crippen LogP contribution in [0.25, 0.3) is 0 Å². The molecule has 24 heavy (non-hydrogen) atoms. The molecule has 0 aliphatic rings. The van der Waals surface area contributed by atoms with E-state index in [1.54, 1.807) is 6.07 Å². The number of hydrogen-bond donors (Lipinski definition) is 1. The second kappa shape index (κ2) is 7.01. The smallest absolute Gasteiger partial charge is 0.345 e. The van der Waals surface area contributed by atoms with Gasteiger partial charge in [0.25, 0.3) is 0 Å². The molecule has 3 rings (SSSR count). The second-order valence-corrected chi connectivity index (χ2v) is 5.65. The number of nitrogens with one attached hydrogen (secondary N) is 1. The van der Waals surface area contributed by atoms with Gasteiger partial charge in [0.05, 0.1) is 11.3 Å². The van der Waals surface area contributed by atoms with Crippen molar-refractivity contribution in [3.05, 3.63) is 89.5 Å². The molecular weight excluding hydrogens is 298 g/mol. The molecule has 0 aliphatic carbocycles. The minimum absolute atomic E-state index is 0.369. The number of benzene rings is 3. The first-order valence-electron chi connectivity index (χ1n) is 7.84. The molecule has 0 aromatic heterocycles. The Morgan fingerprint density at radius 2 is 1.42 bits per heavy atom. The standard InChI is InChI=1S/C21H19NO2/c1-15-9-8-10-16(2)20(15)24-21(23)18-13-6-7-14-19(18)22-17-11-4-3-5-12-17/h3-14,22H,1-2H3. The number of hydrogen-bond acceptors (Lipinski definition) is 3. The molecule has 3 heteroatoms. The number of esters is 1. The van der Waals surface area contributed by atoms with Crippen LogP contribution >= 0.6 is 0 Å². The average Bonchev–Trinajstić information content (AvgIpc) is 2.59. The number of ether oxygens (including phenoxy) is 1. The Balaban J connectivity index is 1.88. The highest BCUT2D eigenvalue weighted by Gasteiger charge is 2.15. The van der Waals surface area contributed by atoms with E-state index < -0.39 is 0 Å². The first kappa shape index (κ1) is 15.8. The summed E-state index contributed by atoms with van der Waals surface area (Å²) in [5, 5.41) is 3.27. The normalized spacial score (nSPS) is 10.2. The molecule has 3 aromatic rings. The Bertz CT molecular complexity index is 836. The quantitative estimate of drug-likeness (QED) is 0.526. The molecule has 0 aliphatic heterocycles. The molecule has 3 aromatic carbocycles. The summed E-state index contributed by atoms with van der Waals surface area (Å²) in [6.45, 7) is 3.87. The fraction of sp³-hybridized carbons (Fsp3) is 0.0952. The van der Waals surface area contributed by atoms with Gasteiger partial charge in [-0.1, -0.05) is 48.5 Å². The van der Waals surface area contributed by atoms with Gasteiger partial charge < -0.3 is 10.1 Å². The lowest BCUT2D eigenvalue weighted by atomic mass is 10.1. The van der Waals surface area contributed by atoms with Crippen LogP contribution in [0.5, 0.6) is 5.75 Å². The van der Waals surface area contributed by atoms with Crippen LogP contribution in [-0.4, -0.2) is 5.97 Å². The molecule has 0 unspecified atom stereocenters. The number of rotatable bonds is 4. The van der Waals surface area contributed by atoms with Crippen LogP contribution in [0, 0.1) is 13.8 Å². The van der Waals surface area contributed by atoms with Crippen molar-refractivity contribution in [3.63, 3.8) is 0 Å². The predicted octanol–water partition coefficient (Wildman–Crippen LogP) is 5.27. The van der Waals surface area contributed by atoms with E-state index in [2.05, 4.69) is 5.32 Å². The van der Waals surface area contributed by atoms with E-state index in [0.717, 1.165) is 22.5 Å². The summed E-state index contributed by atoms with van der Waals surface area (Å²) in [6.07, 6.45) is 0. The molecule has 0 saturated heterocycles. The van der Waals surface area contributed by atoms with E-state index in [1.165, 1.54) is 0 Å². The van der Waals surface area contributed by atoms with Gasteiger partial charge in [-0.25, -0.2) is 4.79 Å². The second-order valence-electron chi connectivity index (χ2n) is 5.65. The maximum atomic E-state index is 12.7. The summed E-state index contributed by atoms with van der Waals surface area (Å²) in [5.41, 5.74) is 4.03. The topological polar surface area (TPSA) is 38.3 Å². The minimum atomic E-state index is -0.369. The zero-order chi connectivity index (χ0) is 16.9. The third kappa shape index (κ3) is 3.46. The van der Waals surface area contributed by atoms with Crippen LogP contribution in [0.4, 0.5) is 11.4 Å². The molecule has 0 atom stereocenters. The van der Waals surface area contributed by atoms with Crippen molar-refractivity contribution in [2.75, 3.05) is 5.32 Å². The van der Waals surface area contributed by atoms with Gasteiger partial charge in [-0.05, 0) is 49.2 Å². The first-order chi connectivity index (χ1) is 11.6. The van der Waals surface area contributed by atoms with Crippen molar-refractivity contribution >= 4 is 17.3 Å². The molecule has 0 amide bonds. The molecule has 1 N–H and O–H groups in total. The molecule has 3 nitrogen and oxygen atoms in total. The molecule has 0 saturated carbocycles. The zero-order valence-electron chi connectivity index (χ0n) is 13.7. The van der Waals surface area contributed by atoms with Crippen LogP contribution < -0.4 is 10.1 Å². The highest BCUT2D eigenvalue weighted by atomic mass is 16.5. The van der Waals surface area contributed by atoms with E-state index in [0.29, 0.717) is 11.3 Å². The van der Waals surface area contributed by atoms with Gasteiger partial charge in [0.1, 0.15) is 5.75 Å². The number of carbonyl (C=O) groups excluding carboxylic acids is 1. The molecule has 0 spiro atoms. The van der Waals surface area contributed by atoms with Crippen LogP contribution in [0.2, 0.25) is 0 Å². The predicted molar refractivity (Wildman–Crippen MR) is 97.0 cm³/mol. The molecule has 0 radical (unpaired) electrons. The Morgan fingerprint density at radius 1 is 0.792 bits per heavy atom. The van der Waals surface area contributed by atoms with E-state index in [4.69, 9.17) is 4.74 Å². The van der Waals surface area contributed by atoms with Gasteiger partial charge in [0.15, 0.2) is 0 Å². The van der Waals surface area contributed by atoms with Crippen LogP contribution in [0.3, 0.4) is 0 Å². The van der Waals surface area contributed by atoms with Crippen molar-refractivity contribution < 1.29 is 9.53 Å². The SMILES string of the molecule is Cc1cccc(C)c1OC(=O)c1ccccc1Nc1ccccc1. The van der Waals surface area contributed by atoms with Crippen LogP contribution in [0.1, 0.15) is 21.5 Å². The lowest BCUT2D eigenvalue weighted by Crippen LogP contribution is -2.12. The van der Waals surface area contributed by atoms with E-state index in [9.17, 15) is 4.79 Å². The van der Waals surface area contributed by atoms with Gasteiger partial charge in [-0.2, -0.15) is 0 Å². The van der Waals surface area contributed by atoms with Gasteiger partial charge >= 0.3 is 5.97 Å². The minimum Gasteiger partial charge on any atom is -0.422 e. The Labute approximate surface area is 141 Å². The molecule has 120 valence electrons. The molecular formula is C21H19NO2. The Kier molecular flexibility index (Phi) is 4.62. The van der Waals surface area contributed by atoms with Crippen LogP contribution in [-0.2, 0) is 0 Å². The lowest BCUT2D eigenvalue weighted by Gasteiger charge is -2.13. The number of anilines is 2. The third-order valence-corrected chi connectivity index (χ3v) is 3.80.